The number of carbonyl (C=O) groups excluding carboxylic acids is 2. The Kier molecular flexibility index (Phi) is 9.46. The number of nitrogens with zero attached hydrogens (tertiary/aromatic N) is 2. The number of aryl methyl sites for hydroxylation is 1. The van der Waals surface area contributed by atoms with Crippen LogP contribution < -0.4 is 5.32 Å². The van der Waals surface area contributed by atoms with E-state index in [0.29, 0.717) is 6.42 Å². The van der Waals surface area contributed by atoms with Crippen LogP contribution in [0.15, 0.2) is 59.5 Å². The molecule has 0 aliphatic heterocycles. The second-order valence-electron chi connectivity index (χ2n) is 9.35. The van der Waals surface area contributed by atoms with Gasteiger partial charge in [0.05, 0.1) is 11.4 Å². The molecule has 190 valence electrons. The van der Waals surface area contributed by atoms with Crippen molar-refractivity contribution >= 4 is 21.8 Å². The minimum absolute atomic E-state index is 0.128. The Balaban J connectivity index is 1.81. The fraction of sp³-hybridized carbons (Fsp3) is 0.481. The summed E-state index contributed by atoms with van der Waals surface area (Å²) in [7, 11) is -2.45. The summed E-state index contributed by atoms with van der Waals surface area (Å²) in [5, 5.41) is 3.14. The van der Waals surface area contributed by atoms with Crippen molar-refractivity contribution in [1.29, 1.82) is 0 Å². The fourth-order valence-electron chi connectivity index (χ4n) is 4.50. The highest BCUT2D eigenvalue weighted by atomic mass is 32.2. The van der Waals surface area contributed by atoms with Crippen molar-refractivity contribution in [2.24, 2.45) is 0 Å². The summed E-state index contributed by atoms with van der Waals surface area (Å²) in [6.07, 6.45) is 5.71. The van der Waals surface area contributed by atoms with Crippen molar-refractivity contribution in [3.63, 3.8) is 0 Å². The van der Waals surface area contributed by atoms with Crippen molar-refractivity contribution in [3.05, 3.63) is 65.7 Å². The molecule has 7 nitrogen and oxygen atoms in total. The molecule has 0 aromatic heterocycles. The molecule has 1 N–H and O–H groups in total. The van der Waals surface area contributed by atoms with Crippen LogP contribution in [0.4, 0.5) is 0 Å². The topological polar surface area (TPSA) is 86.8 Å². The molecule has 3 rings (SSSR count). The van der Waals surface area contributed by atoms with Crippen LogP contribution in [-0.2, 0) is 26.2 Å². The second kappa shape index (κ2) is 12.3. The van der Waals surface area contributed by atoms with E-state index >= 15 is 0 Å². The zero-order chi connectivity index (χ0) is 25.4. The van der Waals surface area contributed by atoms with Gasteiger partial charge in [-0.05, 0) is 43.9 Å². The Morgan fingerprint density at radius 2 is 1.63 bits per heavy atom. The van der Waals surface area contributed by atoms with Gasteiger partial charge in [0.15, 0.2) is 0 Å². The van der Waals surface area contributed by atoms with E-state index in [1.807, 2.05) is 44.2 Å². The van der Waals surface area contributed by atoms with Crippen molar-refractivity contribution < 1.29 is 18.0 Å². The fourth-order valence-corrected chi connectivity index (χ4v) is 5.62. The van der Waals surface area contributed by atoms with Crippen LogP contribution in [0.2, 0.25) is 0 Å². The molecule has 1 aliphatic carbocycles. The predicted molar refractivity (Wildman–Crippen MR) is 137 cm³/mol. The molecule has 0 heterocycles. The van der Waals surface area contributed by atoms with Gasteiger partial charge in [0.1, 0.15) is 6.04 Å². The minimum atomic E-state index is -3.85. The third kappa shape index (κ3) is 7.15. The van der Waals surface area contributed by atoms with E-state index in [9.17, 15) is 18.0 Å². The first-order chi connectivity index (χ1) is 16.7. The van der Waals surface area contributed by atoms with Gasteiger partial charge in [0.25, 0.3) is 0 Å². The Labute approximate surface area is 209 Å². The molecule has 0 bridgehead atoms. The van der Waals surface area contributed by atoms with Gasteiger partial charge >= 0.3 is 0 Å². The number of hydrogen-bond donors (Lipinski definition) is 1. The van der Waals surface area contributed by atoms with Crippen LogP contribution in [-0.4, -0.2) is 55.1 Å². The number of sulfonamides is 1. The number of rotatable bonds is 10. The lowest BCUT2D eigenvalue weighted by Gasteiger charge is -2.33. The van der Waals surface area contributed by atoms with E-state index < -0.39 is 22.0 Å². The number of amides is 2. The van der Waals surface area contributed by atoms with Crippen LogP contribution in [0.5, 0.6) is 0 Å². The molecule has 35 heavy (non-hydrogen) atoms. The van der Waals surface area contributed by atoms with E-state index in [4.69, 9.17) is 0 Å². The molecule has 1 aliphatic rings. The lowest BCUT2D eigenvalue weighted by Crippen LogP contribution is -2.53. The summed E-state index contributed by atoms with van der Waals surface area (Å²) >= 11 is 0. The van der Waals surface area contributed by atoms with Crippen LogP contribution in [0, 0.1) is 6.92 Å². The van der Waals surface area contributed by atoms with Gasteiger partial charge in [-0.3, -0.25) is 9.59 Å². The van der Waals surface area contributed by atoms with E-state index in [-0.39, 0.29) is 29.9 Å². The standard InChI is InChI=1S/C27H37N3O4S/c1-4-25(27(32)28-23-13-9-6-10-14-23)30(19-22-11-7-5-8-12-22)26(31)20-29(3)35(33,34)24-17-15-21(2)16-18-24/h5,7-8,11-12,15-18,23,25H,4,6,9-10,13-14,19-20H2,1-3H3,(H,28,32)/t25-/m0/s1. The first-order valence-corrected chi connectivity index (χ1v) is 13.8. The third-order valence-electron chi connectivity index (χ3n) is 6.62. The van der Waals surface area contributed by atoms with Crippen molar-refractivity contribution in [1.82, 2.24) is 14.5 Å². The zero-order valence-electron chi connectivity index (χ0n) is 20.9. The zero-order valence-corrected chi connectivity index (χ0v) is 21.8. The molecule has 1 fully saturated rings. The number of nitrogens with one attached hydrogen (secondary N) is 1. The van der Waals surface area contributed by atoms with Gasteiger partial charge in [-0.15, -0.1) is 0 Å². The van der Waals surface area contributed by atoms with Gasteiger partial charge in [-0.2, -0.15) is 4.31 Å². The maximum absolute atomic E-state index is 13.5. The minimum Gasteiger partial charge on any atom is -0.352 e. The SMILES string of the molecule is CC[C@@H](C(=O)NC1CCCCC1)N(Cc1ccccc1)C(=O)CN(C)S(=O)(=O)c1ccc(C)cc1. The quantitative estimate of drug-likeness (QED) is 0.538. The Hall–Kier alpha value is -2.71. The molecule has 8 heteroatoms. The number of carbonyl (C=O) groups is 2. The maximum atomic E-state index is 13.5. The Morgan fingerprint density at radius 1 is 1.00 bits per heavy atom. The van der Waals surface area contributed by atoms with E-state index in [2.05, 4.69) is 5.32 Å². The first-order valence-electron chi connectivity index (χ1n) is 12.4. The van der Waals surface area contributed by atoms with Crippen LogP contribution in [0.25, 0.3) is 0 Å². The van der Waals surface area contributed by atoms with Gasteiger partial charge in [0.2, 0.25) is 21.8 Å². The average molecular weight is 500 g/mol. The third-order valence-corrected chi connectivity index (χ3v) is 8.44. The molecule has 2 aromatic carbocycles. The highest BCUT2D eigenvalue weighted by molar-refractivity contribution is 7.89. The summed E-state index contributed by atoms with van der Waals surface area (Å²) in [5.74, 6) is -0.578. The van der Waals surface area contributed by atoms with Crippen molar-refractivity contribution in [2.45, 2.75) is 75.9 Å². The largest absolute Gasteiger partial charge is 0.352 e. The van der Waals surface area contributed by atoms with Gasteiger partial charge < -0.3 is 10.2 Å². The van der Waals surface area contributed by atoms with Crippen LogP contribution in [0.3, 0.4) is 0 Å². The van der Waals surface area contributed by atoms with Gasteiger partial charge in [-0.1, -0.05) is 74.2 Å². The Bertz CT molecular complexity index is 1080. The molecule has 2 amide bonds. The Morgan fingerprint density at radius 3 is 2.23 bits per heavy atom. The van der Waals surface area contributed by atoms with Crippen LogP contribution >= 0.6 is 0 Å². The van der Waals surface area contributed by atoms with Crippen LogP contribution in [0.1, 0.15) is 56.6 Å². The monoisotopic (exact) mass is 499 g/mol. The highest BCUT2D eigenvalue weighted by Gasteiger charge is 2.32. The highest BCUT2D eigenvalue weighted by Crippen LogP contribution is 2.20. The molecule has 0 unspecified atom stereocenters. The number of likely N-dealkylation sites (N-methyl/N-ethyl adjacent to an activating group) is 1. The maximum Gasteiger partial charge on any atom is 0.243 e. The van der Waals surface area contributed by atoms with Crippen molar-refractivity contribution in [3.8, 4) is 0 Å². The van der Waals surface area contributed by atoms with E-state index in [1.54, 1.807) is 24.3 Å². The molecule has 2 aromatic rings. The molecule has 1 atom stereocenters. The lowest BCUT2D eigenvalue weighted by molar-refractivity contribution is -0.141. The molecule has 1 saturated carbocycles. The molecular weight excluding hydrogens is 462 g/mol. The van der Waals surface area contributed by atoms with E-state index in [0.717, 1.165) is 41.1 Å². The van der Waals surface area contributed by atoms with Gasteiger partial charge in [0, 0.05) is 19.6 Å². The van der Waals surface area contributed by atoms with Crippen molar-refractivity contribution in [2.75, 3.05) is 13.6 Å². The predicted octanol–water partition coefficient (Wildman–Crippen LogP) is 3.87. The number of hydrogen-bond acceptors (Lipinski definition) is 4. The molecule has 0 spiro atoms. The van der Waals surface area contributed by atoms with Gasteiger partial charge in [-0.25, -0.2) is 8.42 Å². The molecule has 0 saturated heterocycles. The second-order valence-corrected chi connectivity index (χ2v) is 11.4. The first kappa shape index (κ1) is 26.9. The number of benzene rings is 2. The summed E-state index contributed by atoms with van der Waals surface area (Å²) in [6, 6.07) is 15.5. The lowest BCUT2D eigenvalue weighted by atomic mass is 9.95. The summed E-state index contributed by atoms with van der Waals surface area (Å²) in [5.41, 5.74) is 1.83. The summed E-state index contributed by atoms with van der Waals surface area (Å²) in [4.78, 5) is 28.5. The molecule has 0 radical (unpaired) electrons. The summed E-state index contributed by atoms with van der Waals surface area (Å²) in [6.45, 7) is 3.64. The smallest absolute Gasteiger partial charge is 0.243 e. The average Bonchev–Trinajstić information content (AvgIpc) is 2.85. The molecular formula is C27H37N3O4S. The normalized spacial score (nSPS) is 15.5. The summed E-state index contributed by atoms with van der Waals surface area (Å²) < 4.78 is 27.2. The van der Waals surface area contributed by atoms with E-state index in [1.165, 1.54) is 18.4 Å².